The number of aromatic nitrogens is 2. The molecular formula is C56H70N2O4. The van der Waals surface area contributed by atoms with E-state index < -0.39 is 0 Å². The van der Waals surface area contributed by atoms with Crippen molar-refractivity contribution in [3.63, 3.8) is 0 Å². The van der Waals surface area contributed by atoms with Crippen LogP contribution in [0.25, 0.3) is 22.9 Å². The van der Waals surface area contributed by atoms with Gasteiger partial charge in [0.15, 0.2) is 0 Å². The first-order valence-corrected chi connectivity index (χ1v) is 24.2. The molecule has 8 atom stereocenters. The maximum absolute atomic E-state index is 13.4. The summed E-state index contributed by atoms with van der Waals surface area (Å²) in [6, 6.07) is 23.1. The summed E-state index contributed by atoms with van der Waals surface area (Å²) in [7, 11) is 0. The van der Waals surface area contributed by atoms with E-state index in [-0.39, 0.29) is 17.5 Å². The smallest absolute Gasteiger partial charge is 0.338 e. The van der Waals surface area contributed by atoms with E-state index >= 15 is 0 Å². The third-order valence-electron chi connectivity index (χ3n) is 15.9. The van der Waals surface area contributed by atoms with E-state index in [2.05, 4.69) is 69.7 Å². The molecule has 0 aliphatic heterocycles. The Kier molecular flexibility index (Phi) is 13.8. The summed E-state index contributed by atoms with van der Waals surface area (Å²) < 4.78 is 18.1. The van der Waals surface area contributed by atoms with Gasteiger partial charge >= 0.3 is 5.97 Å². The first kappa shape index (κ1) is 44.0. The highest BCUT2D eigenvalue weighted by atomic mass is 16.5. The Hall–Kier alpha value is -4.63. The van der Waals surface area contributed by atoms with Gasteiger partial charge in [-0.3, -0.25) is 0 Å². The number of carbonyl (C=O) groups excluding carboxylic acids is 1. The second kappa shape index (κ2) is 19.4. The highest BCUT2D eigenvalue weighted by Gasteiger charge is 2.59. The SMILES string of the molecule is CCCCCCOc1ccc(-c2nnc(-c3ccc(C#Cc4ccc(C(=O)OC5CC[C@@]6(C)C(=CC[C@H]7[C@@H]8CC[C@H]([C@H](C)CCCC(C)C)[C@@]8(C)CC[C@@H]76)C5)cc4)cc3)o2)cc1. The van der Waals surface area contributed by atoms with Gasteiger partial charge < -0.3 is 13.9 Å². The maximum atomic E-state index is 13.4. The van der Waals surface area contributed by atoms with Gasteiger partial charge in [0.1, 0.15) is 11.9 Å². The van der Waals surface area contributed by atoms with Gasteiger partial charge in [0.2, 0.25) is 11.8 Å². The van der Waals surface area contributed by atoms with Crippen molar-refractivity contribution in [2.75, 3.05) is 6.61 Å². The number of esters is 1. The monoisotopic (exact) mass is 835 g/mol. The van der Waals surface area contributed by atoms with Gasteiger partial charge in [0.05, 0.1) is 12.2 Å². The van der Waals surface area contributed by atoms with Crippen molar-refractivity contribution in [3.05, 3.63) is 101 Å². The number of benzene rings is 3. The lowest BCUT2D eigenvalue weighted by Crippen LogP contribution is -2.51. The van der Waals surface area contributed by atoms with E-state index in [1.54, 1.807) is 5.57 Å². The molecule has 3 fully saturated rings. The molecule has 1 unspecified atom stereocenters. The van der Waals surface area contributed by atoms with E-state index in [9.17, 15) is 4.79 Å². The Labute approximate surface area is 372 Å². The van der Waals surface area contributed by atoms with Crippen molar-refractivity contribution in [1.29, 1.82) is 0 Å². The third-order valence-corrected chi connectivity index (χ3v) is 15.9. The van der Waals surface area contributed by atoms with E-state index in [0.717, 1.165) is 95.8 Å². The quantitative estimate of drug-likeness (QED) is 0.0514. The van der Waals surface area contributed by atoms with Crippen LogP contribution in [0.5, 0.6) is 5.75 Å². The van der Waals surface area contributed by atoms with Gasteiger partial charge in [-0.05, 0) is 171 Å². The second-order valence-corrected chi connectivity index (χ2v) is 20.3. The van der Waals surface area contributed by atoms with Gasteiger partial charge in [-0.2, -0.15) is 0 Å². The molecule has 1 aromatic heterocycles. The van der Waals surface area contributed by atoms with Gasteiger partial charge in [0.25, 0.3) is 0 Å². The summed E-state index contributed by atoms with van der Waals surface area (Å²) in [6.07, 6.45) is 21.1. The van der Waals surface area contributed by atoms with Crippen molar-refractivity contribution in [3.8, 4) is 40.5 Å². The van der Waals surface area contributed by atoms with Crippen LogP contribution in [0, 0.1) is 58.2 Å². The predicted octanol–water partition coefficient (Wildman–Crippen LogP) is 14.3. The van der Waals surface area contributed by atoms with Crippen LogP contribution in [-0.4, -0.2) is 28.9 Å². The largest absolute Gasteiger partial charge is 0.494 e. The molecule has 1 heterocycles. The van der Waals surface area contributed by atoms with Crippen LogP contribution in [0.4, 0.5) is 0 Å². The van der Waals surface area contributed by atoms with Gasteiger partial charge in [0, 0.05) is 28.7 Å². The minimum Gasteiger partial charge on any atom is -0.494 e. The average Bonchev–Trinajstić information content (AvgIpc) is 3.91. The second-order valence-electron chi connectivity index (χ2n) is 20.3. The highest BCUT2D eigenvalue weighted by molar-refractivity contribution is 5.89. The molecule has 4 aliphatic rings. The van der Waals surface area contributed by atoms with Gasteiger partial charge in [-0.25, -0.2) is 4.79 Å². The zero-order chi connectivity index (χ0) is 43.3. The molecule has 4 aromatic rings. The van der Waals surface area contributed by atoms with Gasteiger partial charge in [-0.1, -0.05) is 104 Å². The molecule has 8 rings (SSSR count). The molecule has 3 saturated carbocycles. The molecule has 0 saturated heterocycles. The predicted molar refractivity (Wildman–Crippen MR) is 249 cm³/mol. The van der Waals surface area contributed by atoms with Crippen molar-refractivity contribution < 1.29 is 18.7 Å². The lowest BCUT2D eigenvalue weighted by atomic mass is 9.47. The zero-order valence-electron chi connectivity index (χ0n) is 38.4. The molecule has 0 spiro atoms. The summed E-state index contributed by atoms with van der Waals surface area (Å²) in [4.78, 5) is 13.4. The Balaban J connectivity index is 0.819. The number of ether oxygens (including phenoxy) is 2. The number of carbonyl (C=O) groups is 1. The van der Waals surface area contributed by atoms with Crippen molar-refractivity contribution >= 4 is 5.97 Å². The Morgan fingerprint density at radius 3 is 2.13 bits per heavy atom. The highest BCUT2D eigenvalue weighted by Crippen LogP contribution is 2.67. The van der Waals surface area contributed by atoms with Crippen LogP contribution < -0.4 is 4.74 Å². The molecule has 62 heavy (non-hydrogen) atoms. The third kappa shape index (κ3) is 9.63. The Morgan fingerprint density at radius 1 is 0.774 bits per heavy atom. The van der Waals surface area contributed by atoms with Gasteiger partial charge in [-0.15, -0.1) is 10.2 Å². The first-order valence-electron chi connectivity index (χ1n) is 24.2. The van der Waals surface area contributed by atoms with E-state index in [1.807, 2.05) is 72.8 Å². The lowest BCUT2D eigenvalue weighted by Gasteiger charge is -2.58. The number of fused-ring (bicyclic) bond motifs is 5. The molecule has 6 heteroatoms. The molecule has 328 valence electrons. The summed E-state index contributed by atoms with van der Waals surface area (Å²) >= 11 is 0. The number of hydrogen-bond donors (Lipinski definition) is 0. The zero-order valence-corrected chi connectivity index (χ0v) is 38.4. The Morgan fingerprint density at radius 2 is 1.45 bits per heavy atom. The molecule has 0 bridgehead atoms. The summed E-state index contributed by atoms with van der Waals surface area (Å²) in [5.74, 6) is 13.0. The molecule has 6 nitrogen and oxygen atoms in total. The fourth-order valence-electron chi connectivity index (χ4n) is 12.4. The minimum absolute atomic E-state index is 0.0627. The summed E-state index contributed by atoms with van der Waals surface area (Å²) in [6.45, 7) is 15.5. The lowest BCUT2D eigenvalue weighted by molar-refractivity contribution is -0.0594. The van der Waals surface area contributed by atoms with E-state index in [4.69, 9.17) is 13.9 Å². The van der Waals surface area contributed by atoms with E-state index in [1.165, 1.54) is 70.6 Å². The minimum atomic E-state index is -0.237. The fraction of sp³-hybridized carbons (Fsp3) is 0.554. The van der Waals surface area contributed by atoms with Crippen LogP contribution in [-0.2, 0) is 4.74 Å². The number of allylic oxidation sites excluding steroid dienone is 1. The normalized spacial score (nSPS) is 27.0. The standard InChI is InChI=1S/C56H70N2O4/c1-7-8-9-10-36-60-46-27-24-43(25-28-46)53-58-57-52(62-53)42-20-16-40(17-21-42)14-15-41-18-22-44(23-19-41)54(59)61-47-32-34-55(5)45(37-47)26-29-48-50-31-30-49(39(4)13-11-12-38(2)3)56(50,6)35-33-51(48)55/h16-28,38-39,47-51H,7-13,29-37H2,1-6H3/t39-,47?,48+,49-,50+,51+,55+,56-/m1/s1. The van der Waals surface area contributed by atoms with Crippen LogP contribution in [0.2, 0.25) is 0 Å². The number of hydrogen-bond acceptors (Lipinski definition) is 6. The van der Waals surface area contributed by atoms with Crippen LogP contribution in [0.1, 0.15) is 159 Å². The van der Waals surface area contributed by atoms with Crippen LogP contribution in [0.15, 0.2) is 88.9 Å². The van der Waals surface area contributed by atoms with E-state index in [0.29, 0.717) is 22.8 Å². The Bertz CT molecular complexity index is 2210. The number of rotatable bonds is 15. The molecule has 4 aliphatic carbocycles. The average molecular weight is 835 g/mol. The van der Waals surface area contributed by atoms with Crippen LogP contribution >= 0.6 is 0 Å². The molecule has 0 N–H and O–H groups in total. The fourth-order valence-corrected chi connectivity index (χ4v) is 12.4. The number of nitrogens with zero attached hydrogens (tertiary/aromatic N) is 2. The molecule has 3 aromatic carbocycles. The first-order chi connectivity index (χ1) is 30.0. The van der Waals surface area contributed by atoms with Crippen molar-refractivity contribution in [1.82, 2.24) is 10.2 Å². The molecule has 0 radical (unpaired) electrons. The van der Waals surface area contributed by atoms with Crippen molar-refractivity contribution in [2.24, 2.45) is 46.3 Å². The summed E-state index contributed by atoms with van der Waals surface area (Å²) in [5.41, 5.74) is 6.26. The number of unbranched alkanes of at least 4 members (excludes halogenated alkanes) is 3. The molecule has 0 amide bonds. The molecular weight excluding hydrogens is 765 g/mol. The maximum Gasteiger partial charge on any atom is 0.338 e. The summed E-state index contributed by atoms with van der Waals surface area (Å²) in [5, 5.41) is 8.56. The topological polar surface area (TPSA) is 74.5 Å². The van der Waals surface area contributed by atoms with Crippen molar-refractivity contribution in [2.45, 2.75) is 144 Å². The van der Waals surface area contributed by atoms with Crippen LogP contribution in [0.3, 0.4) is 0 Å².